The van der Waals surface area contributed by atoms with E-state index in [1.165, 1.54) is 4.90 Å². The molecule has 0 saturated carbocycles. The van der Waals surface area contributed by atoms with E-state index in [-0.39, 0.29) is 5.91 Å². The average Bonchev–Trinajstić information content (AvgIpc) is 2.34. The van der Waals surface area contributed by atoms with Crippen molar-refractivity contribution in [3.05, 3.63) is 0 Å². The Morgan fingerprint density at radius 2 is 2.42 bits per heavy atom. The number of aliphatic carboxylic acids is 1. The van der Waals surface area contributed by atoms with Gasteiger partial charge in [0.2, 0.25) is 5.91 Å². The highest BCUT2D eigenvalue weighted by Gasteiger charge is 2.36. The minimum atomic E-state index is -1.03. The van der Waals surface area contributed by atoms with Crippen LogP contribution in [0.5, 0.6) is 0 Å². The highest BCUT2D eigenvalue weighted by molar-refractivity contribution is 5.98. The third-order valence-corrected chi connectivity index (χ3v) is 1.99. The molecule has 1 heterocycles. The fraction of sp³-hybridized carbons (Fsp3) is 0.714. The number of carbonyl (C=O) groups is 2. The molecular weight excluding hydrogens is 160 g/mol. The van der Waals surface area contributed by atoms with Crippen LogP contribution < -0.4 is 5.73 Å². The largest absolute Gasteiger partial charge is 0.481 e. The van der Waals surface area contributed by atoms with Crippen molar-refractivity contribution in [2.45, 2.75) is 6.42 Å². The van der Waals surface area contributed by atoms with Crippen molar-refractivity contribution >= 4 is 11.9 Å². The molecule has 0 bridgehead atoms. The van der Waals surface area contributed by atoms with Gasteiger partial charge in [-0.1, -0.05) is 0 Å². The van der Waals surface area contributed by atoms with Gasteiger partial charge in [-0.3, -0.25) is 9.59 Å². The zero-order valence-corrected chi connectivity index (χ0v) is 6.69. The summed E-state index contributed by atoms with van der Waals surface area (Å²) < 4.78 is 0. The van der Waals surface area contributed by atoms with Crippen LogP contribution in [-0.4, -0.2) is 41.5 Å². The Labute approximate surface area is 70.1 Å². The van der Waals surface area contributed by atoms with Gasteiger partial charge >= 0.3 is 5.97 Å². The number of hydrogen-bond acceptors (Lipinski definition) is 3. The van der Waals surface area contributed by atoms with Crippen molar-refractivity contribution in [1.82, 2.24) is 4.90 Å². The molecule has 1 aliphatic rings. The van der Waals surface area contributed by atoms with Gasteiger partial charge in [0.05, 0.1) is 0 Å². The Balaban J connectivity index is 2.55. The first-order valence-corrected chi connectivity index (χ1v) is 3.88. The van der Waals surface area contributed by atoms with Crippen molar-refractivity contribution in [3.63, 3.8) is 0 Å². The minimum absolute atomic E-state index is 0.298. The first-order chi connectivity index (χ1) is 5.66. The van der Waals surface area contributed by atoms with E-state index in [0.717, 1.165) is 0 Å². The molecule has 0 aliphatic carbocycles. The standard InChI is InChI=1S/C7H12N2O3/c8-2-4-9-3-1-5(6(9)10)7(11)12/h5H,1-4,8H2,(H,11,12)/t5-/m0/s1. The summed E-state index contributed by atoms with van der Waals surface area (Å²) in [6.45, 7) is 1.37. The van der Waals surface area contributed by atoms with Crippen LogP contribution in [0.15, 0.2) is 0 Å². The van der Waals surface area contributed by atoms with E-state index in [4.69, 9.17) is 10.8 Å². The maximum Gasteiger partial charge on any atom is 0.316 e. The summed E-state index contributed by atoms with van der Waals surface area (Å²) in [6, 6.07) is 0. The van der Waals surface area contributed by atoms with E-state index in [0.29, 0.717) is 26.1 Å². The van der Waals surface area contributed by atoms with Gasteiger partial charge in [-0.05, 0) is 6.42 Å². The molecule has 0 aromatic carbocycles. The predicted molar refractivity (Wildman–Crippen MR) is 41.4 cm³/mol. The first-order valence-electron chi connectivity index (χ1n) is 3.88. The predicted octanol–water partition coefficient (Wildman–Crippen LogP) is -1.12. The number of amides is 1. The molecule has 0 aromatic rings. The molecule has 0 aromatic heterocycles. The second-order valence-electron chi connectivity index (χ2n) is 2.79. The molecule has 1 saturated heterocycles. The van der Waals surface area contributed by atoms with Gasteiger partial charge < -0.3 is 15.7 Å². The minimum Gasteiger partial charge on any atom is -0.481 e. The maximum atomic E-state index is 11.2. The number of nitrogens with zero attached hydrogens (tertiary/aromatic N) is 1. The Morgan fingerprint density at radius 3 is 2.83 bits per heavy atom. The second kappa shape index (κ2) is 3.53. The first kappa shape index (κ1) is 8.99. The molecule has 1 fully saturated rings. The van der Waals surface area contributed by atoms with Crippen LogP contribution in [0.4, 0.5) is 0 Å². The Hall–Kier alpha value is -1.10. The number of carboxylic acids is 1. The lowest BCUT2D eigenvalue weighted by molar-refractivity contribution is -0.147. The lowest BCUT2D eigenvalue weighted by atomic mass is 10.1. The molecule has 0 unspecified atom stereocenters. The number of hydrogen-bond donors (Lipinski definition) is 2. The Bertz CT molecular complexity index is 205. The zero-order chi connectivity index (χ0) is 9.14. The SMILES string of the molecule is NCCN1CC[C@H](C(=O)O)C1=O. The Morgan fingerprint density at radius 1 is 1.75 bits per heavy atom. The molecule has 5 heteroatoms. The number of nitrogens with two attached hydrogens (primary N) is 1. The monoisotopic (exact) mass is 172 g/mol. The number of carbonyl (C=O) groups excluding carboxylic acids is 1. The van der Waals surface area contributed by atoms with E-state index < -0.39 is 11.9 Å². The third-order valence-electron chi connectivity index (χ3n) is 1.99. The summed E-state index contributed by atoms with van der Waals surface area (Å²) >= 11 is 0. The molecule has 1 atom stereocenters. The van der Waals surface area contributed by atoms with Crippen molar-refractivity contribution in [3.8, 4) is 0 Å². The van der Waals surface area contributed by atoms with Gasteiger partial charge in [0.15, 0.2) is 0 Å². The quantitative estimate of drug-likeness (QED) is 0.528. The van der Waals surface area contributed by atoms with E-state index in [1.807, 2.05) is 0 Å². The molecule has 0 radical (unpaired) electrons. The molecule has 1 amide bonds. The average molecular weight is 172 g/mol. The van der Waals surface area contributed by atoms with Gasteiger partial charge in [-0.15, -0.1) is 0 Å². The van der Waals surface area contributed by atoms with Gasteiger partial charge in [0.1, 0.15) is 5.92 Å². The summed E-state index contributed by atoms with van der Waals surface area (Å²) in [6.07, 6.45) is 0.411. The topological polar surface area (TPSA) is 83.6 Å². The lowest BCUT2D eigenvalue weighted by Gasteiger charge is -2.13. The van der Waals surface area contributed by atoms with Gasteiger partial charge in [0.25, 0.3) is 0 Å². The fourth-order valence-electron chi connectivity index (χ4n) is 1.35. The summed E-state index contributed by atoms with van der Waals surface area (Å²) in [5.41, 5.74) is 5.25. The Kier molecular flexibility index (Phi) is 2.65. The molecule has 0 spiro atoms. The van der Waals surface area contributed by atoms with Crippen LogP contribution in [0.1, 0.15) is 6.42 Å². The molecule has 12 heavy (non-hydrogen) atoms. The lowest BCUT2D eigenvalue weighted by Crippen LogP contribution is -2.33. The molecular formula is C7H12N2O3. The number of likely N-dealkylation sites (tertiary alicyclic amines) is 1. The van der Waals surface area contributed by atoms with Crippen LogP contribution >= 0.6 is 0 Å². The van der Waals surface area contributed by atoms with Crippen molar-refractivity contribution in [2.24, 2.45) is 11.7 Å². The van der Waals surface area contributed by atoms with Crippen LogP contribution in [0.3, 0.4) is 0 Å². The smallest absolute Gasteiger partial charge is 0.316 e. The van der Waals surface area contributed by atoms with Crippen molar-refractivity contribution < 1.29 is 14.7 Å². The van der Waals surface area contributed by atoms with Gasteiger partial charge in [-0.25, -0.2) is 0 Å². The third kappa shape index (κ3) is 1.55. The summed E-state index contributed by atoms with van der Waals surface area (Å²) in [5.74, 6) is -2.16. The summed E-state index contributed by atoms with van der Waals surface area (Å²) in [4.78, 5) is 23.2. The van der Waals surface area contributed by atoms with Crippen molar-refractivity contribution in [2.75, 3.05) is 19.6 Å². The van der Waals surface area contributed by atoms with E-state index in [9.17, 15) is 9.59 Å². The maximum absolute atomic E-state index is 11.2. The second-order valence-corrected chi connectivity index (χ2v) is 2.79. The number of carboxylic acid groups (broad SMARTS) is 1. The molecule has 3 N–H and O–H groups in total. The summed E-state index contributed by atoms with van der Waals surface area (Å²) in [7, 11) is 0. The fourth-order valence-corrected chi connectivity index (χ4v) is 1.35. The van der Waals surface area contributed by atoms with Crippen molar-refractivity contribution in [1.29, 1.82) is 0 Å². The van der Waals surface area contributed by atoms with E-state index in [2.05, 4.69) is 0 Å². The molecule has 1 aliphatic heterocycles. The molecule has 68 valence electrons. The highest BCUT2D eigenvalue weighted by Crippen LogP contribution is 2.17. The van der Waals surface area contributed by atoms with E-state index >= 15 is 0 Å². The van der Waals surface area contributed by atoms with Crippen LogP contribution in [0, 0.1) is 5.92 Å². The molecule has 5 nitrogen and oxygen atoms in total. The van der Waals surface area contributed by atoms with E-state index in [1.54, 1.807) is 0 Å². The van der Waals surface area contributed by atoms with Crippen LogP contribution in [0.25, 0.3) is 0 Å². The highest BCUT2D eigenvalue weighted by atomic mass is 16.4. The zero-order valence-electron chi connectivity index (χ0n) is 6.69. The van der Waals surface area contributed by atoms with Crippen LogP contribution in [-0.2, 0) is 9.59 Å². The normalized spacial score (nSPS) is 23.2. The summed E-state index contributed by atoms with van der Waals surface area (Å²) in [5, 5.41) is 8.59. The van der Waals surface area contributed by atoms with Gasteiger partial charge in [-0.2, -0.15) is 0 Å². The number of rotatable bonds is 3. The van der Waals surface area contributed by atoms with Gasteiger partial charge in [0, 0.05) is 19.6 Å². The molecule has 1 rings (SSSR count). The van der Waals surface area contributed by atoms with Crippen LogP contribution in [0.2, 0.25) is 0 Å².